The van der Waals surface area contributed by atoms with Crippen LogP contribution in [0.2, 0.25) is 0 Å². The van der Waals surface area contributed by atoms with Crippen molar-refractivity contribution in [2.75, 3.05) is 12.8 Å². The molecule has 1 rings (SSSR count). The highest BCUT2D eigenvalue weighted by Crippen LogP contribution is 2.22. The van der Waals surface area contributed by atoms with E-state index in [9.17, 15) is 0 Å². The van der Waals surface area contributed by atoms with Gasteiger partial charge in [0.2, 0.25) is 0 Å². The van der Waals surface area contributed by atoms with E-state index in [1.807, 2.05) is 14.0 Å². The Balaban J connectivity index is 2.27. The van der Waals surface area contributed by atoms with Gasteiger partial charge in [0.1, 0.15) is 11.9 Å². The third kappa shape index (κ3) is 3.74. The Kier molecular flexibility index (Phi) is 5.74. The molecule has 4 nitrogen and oxygen atoms in total. The lowest BCUT2D eigenvalue weighted by molar-refractivity contribution is 0.400. The summed E-state index contributed by atoms with van der Waals surface area (Å²) in [5.74, 6) is 0.986. The van der Waals surface area contributed by atoms with Crippen molar-refractivity contribution in [3.8, 4) is 6.07 Å². The lowest BCUT2D eigenvalue weighted by Gasteiger charge is -2.23. The first-order valence-electron chi connectivity index (χ1n) is 5.26. The van der Waals surface area contributed by atoms with Crippen LogP contribution >= 0.6 is 23.3 Å². The van der Waals surface area contributed by atoms with Crippen LogP contribution < -0.4 is 5.32 Å². The summed E-state index contributed by atoms with van der Waals surface area (Å²) < 4.78 is 4.95. The van der Waals surface area contributed by atoms with Crippen molar-refractivity contribution in [2.24, 2.45) is 0 Å². The van der Waals surface area contributed by atoms with Gasteiger partial charge in [-0.15, -0.1) is 0 Å². The molecule has 0 aliphatic heterocycles. The van der Waals surface area contributed by atoms with Crippen molar-refractivity contribution in [1.82, 2.24) is 14.7 Å². The normalized spacial score (nSPS) is 14.3. The SMILES string of the molecule is CCC(C#N)(CCCSc1ncns1)NC. The zero-order valence-electron chi connectivity index (χ0n) is 9.56. The van der Waals surface area contributed by atoms with E-state index < -0.39 is 0 Å². The molecule has 0 amide bonds. The minimum atomic E-state index is -0.359. The summed E-state index contributed by atoms with van der Waals surface area (Å²) in [5, 5.41) is 12.2. The van der Waals surface area contributed by atoms with Crippen LogP contribution in [0.15, 0.2) is 10.7 Å². The molecule has 0 saturated carbocycles. The summed E-state index contributed by atoms with van der Waals surface area (Å²) in [6.07, 6.45) is 4.30. The van der Waals surface area contributed by atoms with Gasteiger partial charge in [0.05, 0.1) is 6.07 Å². The molecule has 1 aromatic rings. The molecule has 88 valence electrons. The first-order chi connectivity index (χ1) is 7.76. The highest BCUT2D eigenvalue weighted by atomic mass is 32.2. The molecule has 1 heterocycles. The van der Waals surface area contributed by atoms with Gasteiger partial charge in [0, 0.05) is 5.75 Å². The highest BCUT2D eigenvalue weighted by Gasteiger charge is 2.24. The van der Waals surface area contributed by atoms with E-state index in [1.165, 1.54) is 11.5 Å². The molecule has 0 aliphatic carbocycles. The maximum Gasteiger partial charge on any atom is 0.169 e. The van der Waals surface area contributed by atoms with Gasteiger partial charge in [-0.05, 0) is 37.8 Å². The fourth-order valence-corrected chi connectivity index (χ4v) is 2.88. The summed E-state index contributed by atoms with van der Waals surface area (Å²) >= 11 is 3.13. The minimum absolute atomic E-state index is 0.359. The van der Waals surface area contributed by atoms with Crippen LogP contribution in [-0.4, -0.2) is 27.7 Å². The fraction of sp³-hybridized carbons (Fsp3) is 0.700. The molecule has 0 aromatic carbocycles. The van der Waals surface area contributed by atoms with Crippen molar-refractivity contribution in [3.05, 3.63) is 6.33 Å². The lowest BCUT2D eigenvalue weighted by Crippen LogP contribution is -2.40. The molecule has 1 N–H and O–H groups in total. The van der Waals surface area contributed by atoms with E-state index in [4.69, 9.17) is 5.26 Å². The molecular formula is C10H16N4S2. The average molecular weight is 256 g/mol. The number of nitrogens with one attached hydrogen (secondary N) is 1. The molecule has 0 saturated heterocycles. The van der Waals surface area contributed by atoms with E-state index in [0.29, 0.717) is 0 Å². The number of hydrogen-bond donors (Lipinski definition) is 1. The quantitative estimate of drug-likeness (QED) is 0.599. The molecule has 16 heavy (non-hydrogen) atoms. The van der Waals surface area contributed by atoms with Crippen LogP contribution in [0.1, 0.15) is 26.2 Å². The Hall–Kier alpha value is -0.640. The van der Waals surface area contributed by atoms with E-state index >= 15 is 0 Å². The first kappa shape index (κ1) is 13.4. The summed E-state index contributed by atoms with van der Waals surface area (Å²) in [4.78, 5) is 4.10. The summed E-state index contributed by atoms with van der Waals surface area (Å²) in [7, 11) is 1.85. The van der Waals surface area contributed by atoms with Crippen molar-refractivity contribution in [3.63, 3.8) is 0 Å². The van der Waals surface area contributed by atoms with Crippen LogP contribution in [0.4, 0.5) is 0 Å². The second-order valence-corrected chi connectivity index (χ2v) is 5.58. The van der Waals surface area contributed by atoms with Gasteiger partial charge in [-0.1, -0.05) is 18.7 Å². The van der Waals surface area contributed by atoms with Gasteiger partial charge in [-0.2, -0.15) is 9.64 Å². The average Bonchev–Trinajstić information content (AvgIpc) is 2.83. The molecule has 0 fully saturated rings. The Morgan fingerprint density at radius 1 is 1.69 bits per heavy atom. The minimum Gasteiger partial charge on any atom is -0.302 e. The van der Waals surface area contributed by atoms with Gasteiger partial charge in [-0.3, -0.25) is 0 Å². The summed E-state index contributed by atoms with van der Waals surface area (Å²) in [6.45, 7) is 2.04. The lowest BCUT2D eigenvalue weighted by atomic mass is 9.93. The van der Waals surface area contributed by atoms with Crippen molar-refractivity contribution >= 4 is 23.3 Å². The van der Waals surface area contributed by atoms with Gasteiger partial charge in [0.15, 0.2) is 4.34 Å². The number of hydrogen-bond acceptors (Lipinski definition) is 6. The van der Waals surface area contributed by atoms with Crippen LogP contribution in [-0.2, 0) is 0 Å². The Morgan fingerprint density at radius 3 is 3.00 bits per heavy atom. The molecule has 1 atom stereocenters. The maximum absolute atomic E-state index is 9.12. The van der Waals surface area contributed by atoms with Crippen molar-refractivity contribution in [2.45, 2.75) is 36.1 Å². The van der Waals surface area contributed by atoms with Gasteiger partial charge in [-0.25, -0.2) is 4.98 Å². The molecule has 1 unspecified atom stereocenters. The molecule has 0 bridgehead atoms. The molecule has 0 aliphatic rings. The van der Waals surface area contributed by atoms with Crippen LogP contribution in [0.25, 0.3) is 0 Å². The van der Waals surface area contributed by atoms with Gasteiger partial charge >= 0.3 is 0 Å². The topological polar surface area (TPSA) is 61.6 Å². The second-order valence-electron chi connectivity index (χ2n) is 3.46. The number of rotatable bonds is 7. The van der Waals surface area contributed by atoms with Crippen molar-refractivity contribution < 1.29 is 0 Å². The third-order valence-electron chi connectivity index (χ3n) is 2.61. The van der Waals surface area contributed by atoms with Gasteiger partial charge in [0.25, 0.3) is 0 Å². The number of nitrogens with zero attached hydrogens (tertiary/aromatic N) is 3. The third-order valence-corrected chi connectivity index (χ3v) is 4.49. The van der Waals surface area contributed by atoms with E-state index in [0.717, 1.165) is 29.4 Å². The van der Waals surface area contributed by atoms with Crippen molar-refractivity contribution in [1.29, 1.82) is 5.26 Å². The predicted octanol–water partition coefficient (Wildman–Crippen LogP) is 2.30. The molecule has 6 heteroatoms. The Labute approximate surface area is 105 Å². The van der Waals surface area contributed by atoms with E-state index in [-0.39, 0.29) is 5.54 Å². The number of aromatic nitrogens is 2. The summed E-state index contributed by atoms with van der Waals surface area (Å²) in [5.41, 5.74) is -0.359. The Bertz CT molecular complexity index is 327. The molecular weight excluding hydrogens is 240 g/mol. The smallest absolute Gasteiger partial charge is 0.169 e. The maximum atomic E-state index is 9.12. The van der Waals surface area contributed by atoms with E-state index in [2.05, 4.69) is 20.7 Å². The van der Waals surface area contributed by atoms with Crippen LogP contribution in [0.3, 0.4) is 0 Å². The predicted molar refractivity (Wildman–Crippen MR) is 67.6 cm³/mol. The number of nitriles is 1. The Morgan fingerprint density at radius 2 is 2.50 bits per heavy atom. The van der Waals surface area contributed by atoms with E-state index in [1.54, 1.807) is 18.1 Å². The zero-order chi connectivity index (χ0) is 11.9. The zero-order valence-corrected chi connectivity index (χ0v) is 11.2. The molecule has 0 spiro atoms. The molecule has 1 aromatic heterocycles. The fourth-order valence-electron chi connectivity index (χ4n) is 1.43. The van der Waals surface area contributed by atoms with Crippen LogP contribution in [0.5, 0.6) is 0 Å². The standard InChI is InChI=1S/C10H16N4S2/c1-3-10(7-11,12-2)5-4-6-15-9-13-8-14-16-9/h8,12H,3-6H2,1-2H3. The highest BCUT2D eigenvalue weighted by molar-refractivity contribution is 8.00. The first-order valence-corrected chi connectivity index (χ1v) is 7.02. The van der Waals surface area contributed by atoms with Gasteiger partial charge < -0.3 is 5.32 Å². The van der Waals surface area contributed by atoms with Crippen LogP contribution in [0, 0.1) is 11.3 Å². The monoisotopic (exact) mass is 256 g/mol. The summed E-state index contributed by atoms with van der Waals surface area (Å²) in [6, 6.07) is 2.36. The number of thioether (sulfide) groups is 1. The second kappa shape index (κ2) is 6.84. The molecule has 0 radical (unpaired) electrons. The largest absolute Gasteiger partial charge is 0.302 e.